The first-order valence-electron chi connectivity index (χ1n) is 9.72. The summed E-state index contributed by atoms with van der Waals surface area (Å²) in [6.45, 7) is 4.87. The number of hydrogen-bond donors (Lipinski definition) is 0. The Bertz CT molecular complexity index is 460. The zero-order valence-corrected chi connectivity index (χ0v) is 15.6. The molecule has 3 nitrogen and oxygen atoms in total. The molecule has 2 aliphatic carbocycles. The van der Waals surface area contributed by atoms with Crippen molar-refractivity contribution in [2.75, 3.05) is 14.1 Å². The van der Waals surface area contributed by atoms with Crippen LogP contribution in [0, 0.1) is 11.3 Å². The molecule has 2 atom stereocenters. The zero-order chi connectivity index (χ0) is 16.4. The largest absolute Gasteiger partial charge is 0.374 e. The lowest BCUT2D eigenvalue weighted by Crippen LogP contribution is -2.32. The molecule has 23 heavy (non-hydrogen) atoms. The monoisotopic (exact) mass is 317 g/mol. The minimum Gasteiger partial charge on any atom is -0.374 e. The van der Waals surface area contributed by atoms with Gasteiger partial charge in [-0.15, -0.1) is 0 Å². The van der Waals surface area contributed by atoms with Crippen LogP contribution in [0.4, 0.5) is 0 Å². The molecule has 1 heterocycles. The zero-order valence-electron chi connectivity index (χ0n) is 15.6. The van der Waals surface area contributed by atoms with E-state index in [4.69, 9.17) is 5.10 Å². The first-order chi connectivity index (χ1) is 11.0. The number of hydrogen-bond acceptors (Lipinski definition) is 3. The predicted molar refractivity (Wildman–Crippen MR) is 98.5 cm³/mol. The lowest BCUT2D eigenvalue weighted by atomic mass is 9.71. The van der Waals surface area contributed by atoms with Crippen LogP contribution in [0.2, 0.25) is 0 Å². The van der Waals surface area contributed by atoms with Crippen molar-refractivity contribution >= 4 is 6.21 Å². The van der Waals surface area contributed by atoms with Gasteiger partial charge in [-0.25, -0.2) is 0 Å². The first-order valence-corrected chi connectivity index (χ1v) is 9.72. The van der Waals surface area contributed by atoms with Gasteiger partial charge in [0.25, 0.3) is 0 Å². The molecule has 130 valence electrons. The van der Waals surface area contributed by atoms with Gasteiger partial charge in [-0.2, -0.15) is 5.10 Å². The van der Waals surface area contributed by atoms with Gasteiger partial charge in [0.1, 0.15) is 0 Å². The predicted octanol–water partition coefficient (Wildman–Crippen LogP) is 4.65. The van der Waals surface area contributed by atoms with E-state index >= 15 is 0 Å². The van der Waals surface area contributed by atoms with E-state index in [9.17, 15) is 0 Å². The van der Waals surface area contributed by atoms with Crippen LogP contribution in [-0.2, 0) is 0 Å². The van der Waals surface area contributed by atoms with E-state index in [0.717, 1.165) is 12.0 Å². The molecular formula is C20H35N3. The number of nitrogens with zero attached hydrogens (tertiary/aromatic N) is 3. The van der Waals surface area contributed by atoms with Crippen molar-refractivity contribution in [1.82, 2.24) is 9.91 Å². The van der Waals surface area contributed by atoms with Crippen molar-refractivity contribution in [3.05, 3.63) is 11.8 Å². The minimum atomic E-state index is 0.287. The molecular weight excluding hydrogens is 282 g/mol. The fourth-order valence-electron chi connectivity index (χ4n) is 5.33. The molecule has 0 radical (unpaired) electrons. The van der Waals surface area contributed by atoms with Crippen LogP contribution in [0.25, 0.3) is 0 Å². The van der Waals surface area contributed by atoms with Crippen LogP contribution >= 0.6 is 0 Å². The Kier molecular flexibility index (Phi) is 5.03. The molecule has 1 saturated heterocycles. The number of hydrazone groups is 1. The molecule has 3 heteroatoms. The van der Waals surface area contributed by atoms with E-state index in [1.54, 1.807) is 0 Å². The maximum atomic E-state index is 4.73. The maximum Gasteiger partial charge on any atom is 0.0487 e. The van der Waals surface area contributed by atoms with Crippen molar-refractivity contribution < 1.29 is 0 Å². The highest BCUT2D eigenvalue weighted by Crippen LogP contribution is 2.52. The summed E-state index contributed by atoms with van der Waals surface area (Å²) in [6, 6.07) is 1.39. The van der Waals surface area contributed by atoms with Crippen molar-refractivity contribution in [3.63, 3.8) is 0 Å². The highest BCUT2D eigenvalue weighted by molar-refractivity contribution is 5.72. The van der Waals surface area contributed by atoms with Crippen LogP contribution in [0.5, 0.6) is 0 Å². The highest BCUT2D eigenvalue weighted by Gasteiger charge is 2.49. The second kappa shape index (κ2) is 6.86. The number of rotatable bonds is 3. The fourth-order valence-corrected chi connectivity index (χ4v) is 5.33. The first kappa shape index (κ1) is 16.9. The van der Waals surface area contributed by atoms with Crippen molar-refractivity contribution in [2.45, 2.75) is 83.7 Å². The van der Waals surface area contributed by atoms with Gasteiger partial charge in [0.05, 0.1) is 0 Å². The third-order valence-corrected chi connectivity index (χ3v) is 6.78. The van der Waals surface area contributed by atoms with Gasteiger partial charge < -0.3 is 4.90 Å². The van der Waals surface area contributed by atoms with E-state index in [1.807, 2.05) is 0 Å². The molecule has 1 aliphatic heterocycles. The third kappa shape index (κ3) is 3.29. The van der Waals surface area contributed by atoms with E-state index in [1.165, 1.54) is 63.5 Å². The molecule has 2 saturated carbocycles. The van der Waals surface area contributed by atoms with Gasteiger partial charge >= 0.3 is 0 Å². The molecule has 0 aromatic heterocycles. The summed E-state index contributed by atoms with van der Waals surface area (Å²) in [5, 5.41) is 6.93. The molecule has 3 aliphatic rings. The summed E-state index contributed by atoms with van der Waals surface area (Å²) in [7, 11) is 4.44. The second-order valence-electron chi connectivity index (χ2n) is 8.47. The Morgan fingerprint density at radius 2 is 1.70 bits per heavy atom. The summed E-state index contributed by atoms with van der Waals surface area (Å²) < 4.78 is 0. The molecule has 2 unspecified atom stereocenters. The summed E-state index contributed by atoms with van der Waals surface area (Å²) in [4.78, 5) is 2.55. The normalized spacial score (nSPS) is 33.4. The summed E-state index contributed by atoms with van der Waals surface area (Å²) >= 11 is 0. The molecule has 0 aromatic rings. The second-order valence-corrected chi connectivity index (χ2v) is 8.47. The molecule has 0 N–H and O–H groups in total. The lowest BCUT2D eigenvalue weighted by Gasteiger charge is -2.33. The van der Waals surface area contributed by atoms with Gasteiger partial charge in [0.2, 0.25) is 0 Å². The molecule has 3 rings (SSSR count). The topological polar surface area (TPSA) is 18.8 Å². The molecule has 0 amide bonds. The van der Waals surface area contributed by atoms with Gasteiger partial charge in [0.15, 0.2) is 0 Å². The fraction of sp³-hybridized carbons (Fsp3) is 0.850. The van der Waals surface area contributed by atoms with E-state index in [-0.39, 0.29) is 5.41 Å². The number of fused-ring (bicyclic) bond motifs is 1. The Hall–Kier alpha value is -0.990. The average molecular weight is 318 g/mol. The lowest BCUT2D eigenvalue weighted by molar-refractivity contribution is 0.183. The van der Waals surface area contributed by atoms with Crippen molar-refractivity contribution in [3.8, 4) is 0 Å². The SMILES string of the molecule is CN(N=CC=C1N(C)C2CCCCC2C1(C)C)C1CCCCC1. The quantitative estimate of drug-likeness (QED) is 0.557. The van der Waals surface area contributed by atoms with Crippen LogP contribution in [0.15, 0.2) is 16.9 Å². The van der Waals surface area contributed by atoms with Crippen molar-refractivity contribution in [1.29, 1.82) is 0 Å². The average Bonchev–Trinajstić information content (AvgIpc) is 2.76. The molecule has 0 spiro atoms. The van der Waals surface area contributed by atoms with Crippen molar-refractivity contribution in [2.24, 2.45) is 16.4 Å². The Morgan fingerprint density at radius 3 is 2.39 bits per heavy atom. The van der Waals surface area contributed by atoms with Gasteiger partial charge in [0, 0.05) is 43.5 Å². The summed E-state index contributed by atoms with van der Waals surface area (Å²) in [5.41, 5.74) is 1.77. The maximum absolute atomic E-state index is 4.73. The summed E-state index contributed by atoms with van der Waals surface area (Å²) in [6.07, 6.45) is 16.6. The number of allylic oxidation sites excluding steroid dienone is 2. The minimum absolute atomic E-state index is 0.287. The molecule has 0 bridgehead atoms. The van der Waals surface area contributed by atoms with Gasteiger partial charge in [-0.1, -0.05) is 46.0 Å². The Balaban J connectivity index is 1.69. The van der Waals surface area contributed by atoms with E-state index in [0.29, 0.717) is 6.04 Å². The third-order valence-electron chi connectivity index (χ3n) is 6.78. The van der Waals surface area contributed by atoms with Crippen LogP contribution in [-0.4, -0.2) is 42.3 Å². The smallest absolute Gasteiger partial charge is 0.0487 e. The van der Waals surface area contributed by atoms with Gasteiger partial charge in [-0.3, -0.25) is 5.01 Å². The van der Waals surface area contributed by atoms with E-state index in [2.05, 4.69) is 50.1 Å². The van der Waals surface area contributed by atoms with Crippen LogP contribution < -0.4 is 0 Å². The van der Waals surface area contributed by atoms with Gasteiger partial charge in [-0.05, 0) is 37.7 Å². The highest BCUT2D eigenvalue weighted by atomic mass is 15.4. The molecule has 3 fully saturated rings. The summed E-state index contributed by atoms with van der Waals surface area (Å²) in [5.74, 6) is 0.817. The standard InChI is InChI=1S/C20H35N3/c1-20(2)17-12-8-9-13-18(17)22(3)19(20)14-15-21-23(4)16-10-6-5-7-11-16/h14-18H,5-13H2,1-4H3. The number of likely N-dealkylation sites (tertiary alicyclic amines) is 1. The van der Waals surface area contributed by atoms with E-state index < -0.39 is 0 Å². The van der Waals surface area contributed by atoms with Crippen LogP contribution in [0.1, 0.15) is 71.6 Å². The Morgan fingerprint density at radius 1 is 1.04 bits per heavy atom. The van der Waals surface area contributed by atoms with Crippen LogP contribution in [0.3, 0.4) is 0 Å². The Labute approximate surface area is 142 Å². The molecule has 0 aromatic carbocycles.